The quantitative estimate of drug-likeness (QED) is 0.616. The lowest BCUT2D eigenvalue weighted by molar-refractivity contribution is -0.132. The summed E-state index contributed by atoms with van der Waals surface area (Å²) >= 11 is 1.61. The molecule has 0 amide bonds. The molecule has 0 saturated carbocycles. The summed E-state index contributed by atoms with van der Waals surface area (Å²) < 4.78 is 4.85. The van der Waals surface area contributed by atoms with Gasteiger partial charge >= 0.3 is 5.97 Å². The second-order valence-electron chi connectivity index (χ2n) is 2.32. The molecule has 0 radical (unpaired) electrons. The minimum absolute atomic E-state index is 0.294. The van der Waals surface area contributed by atoms with Gasteiger partial charge in [-0.2, -0.15) is 0 Å². The van der Waals surface area contributed by atoms with Crippen LogP contribution >= 0.6 is 11.3 Å². The Morgan fingerprint density at radius 3 is 2.92 bits per heavy atom. The first-order valence-electron chi connectivity index (χ1n) is 3.50. The summed E-state index contributed by atoms with van der Waals surface area (Å²) in [6.45, 7) is 0. The molecule has 3 heteroatoms. The van der Waals surface area contributed by atoms with Gasteiger partial charge in [-0.05, 0) is 23.6 Å². The number of cyclic esters (lactones) is 1. The van der Waals surface area contributed by atoms with Crippen LogP contribution in [0.2, 0.25) is 0 Å². The van der Waals surface area contributed by atoms with E-state index in [9.17, 15) is 4.79 Å². The van der Waals surface area contributed by atoms with Gasteiger partial charge in [-0.3, -0.25) is 0 Å². The van der Waals surface area contributed by atoms with Crippen molar-refractivity contribution in [2.45, 2.75) is 0 Å². The number of ether oxygens (including phenoxy) is 1. The summed E-state index contributed by atoms with van der Waals surface area (Å²) in [7, 11) is 0. The minimum Gasteiger partial charge on any atom is -0.423 e. The average Bonchev–Trinajstić information content (AvgIpc) is 2.63. The second-order valence-corrected chi connectivity index (χ2v) is 3.30. The first kappa shape index (κ1) is 7.31. The molecule has 0 bridgehead atoms. The van der Waals surface area contributed by atoms with E-state index in [0.29, 0.717) is 5.76 Å². The third-order valence-corrected chi connectivity index (χ3v) is 2.25. The number of rotatable bonds is 1. The number of thiophene rings is 1. The average molecular weight is 178 g/mol. The Bertz CT molecular complexity index is 347. The number of esters is 1. The molecule has 0 aliphatic carbocycles. The van der Waals surface area contributed by atoms with Gasteiger partial charge in [0.05, 0.1) is 0 Å². The maximum atomic E-state index is 10.6. The summed E-state index contributed by atoms with van der Waals surface area (Å²) in [5, 5.41) is 1.98. The van der Waals surface area contributed by atoms with Crippen molar-refractivity contribution in [3.8, 4) is 0 Å². The fourth-order valence-electron chi connectivity index (χ4n) is 0.926. The van der Waals surface area contributed by atoms with Gasteiger partial charge in [0.15, 0.2) is 0 Å². The predicted molar refractivity (Wildman–Crippen MR) is 47.5 cm³/mol. The first-order chi connectivity index (χ1) is 5.84. The van der Waals surface area contributed by atoms with E-state index in [2.05, 4.69) is 0 Å². The molecular formula is C9H6O2S. The fourth-order valence-corrected chi connectivity index (χ4v) is 1.58. The Morgan fingerprint density at radius 2 is 2.33 bits per heavy atom. The molecule has 60 valence electrons. The van der Waals surface area contributed by atoms with Crippen LogP contribution < -0.4 is 0 Å². The largest absolute Gasteiger partial charge is 0.423 e. The molecule has 0 fully saturated rings. The molecule has 1 aliphatic heterocycles. The van der Waals surface area contributed by atoms with E-state index in [1.165, 1.54) is 6.08 Å². The standard InChI is InChI=1S/C9H6O2S/c10-9-4-3-7(11-9)6-8-2-1-5-12-8/h1-6H/b7-6+. The maximum absolute atomic E-state index is 10.6. The predicted octanol–water partition coefficient (Wildman–Crippen LogP) is 2.20. The van der Waals surface area contributed by atoms with Gasteiger partial charge in [-0.15, -0.1) is 11.3 Å². The van der Waals surface area contributed by atoms with Crippen LogP contribution in [0, 0.1) is 0 Å². The highest BCUT2D eigenvalue weighted by Gasteiger charge is 2.08. The third-order valence-electron chi connectivity index (χ3n) is 1.43. The zero-order valence-corrected chi connectivity index (χ0v) is 7.01. The Morgan fingerprint density at radius 1 is 1.42 bits per heavy atom. The SMILES string of the molecule is O=C1C=C/C(=C\c2cccs2)O1. The van der Waals surface area contributed by atoms with E-state index >= 15 is 0 Å². The zero-order valence-electron chi connectivity index (χ0n) is 6.19. The minimum atomic E-state index is -0.294. The summed E-state index contributed by atoms with van der Waals surface area (Å²) in [6.07, 6.45) is 4.92. The molecule has 2 nitrogen and oxygen atoms in total. The van der Waals surface area contributed by atoms with Crippen molar-refractivity contribution in [2.24, 2.45) is 0 Å². The Balaban J connectivity index is 2.21. The lowest BCUT2D eigenvalue weighted by Gasteiger charge is -1.92. The van der Waals surface area contributed by atoms with E-state index < -0.39 is 0 Å². The topological polar surface area (TPSA) is 26.3 Å². The van der Waals surface area contributed by atoms with Gasteiger partial charge in [0.2, 0.25) is 0 Å². The molecule has 0 unspecified atom stereocenters. The van der Waals surface area contributed by atoms with E-state index in [1.807, 2.05) is 23.6 Å². The molecule has 0 aromatic carbocycles. The van der Waals surface area contributed by atoms with E-state index in [4.69, 9.17) is 4.74 Å². The number of carbonyl (C=O) groups excluding carboxylic acids is 1. The number of hydrogen-bond acceptors (Lipinski definition) is 3. The van der Waals surface area contributed by atoms with Gasteiger partial charge in [-0.1, -0.05) is 6.07 Å². The van der Waals surface area contributed by atoms with Crippen molar-refractivity contribution in [3.05, 3.63) is 40.3 Å². The lowest BCUT2D eigenvalue weighted by atomic mass is 10.4. The fraction of sp³-hybridized carbons (Fsp3) is 0. The van der Waals surface area contributed by atoms with E-state index in [0.717, 1.165) is 4.88 Å². The van der Waals surface area contributed by atoms with Crippen LogP contribution in [0.1, 0.15) is 4.88 Å². The molecule has 2 rings (SSSR count). The van der Waals surface area contributed by atoms with Crippen LogP contribution in [-0.2, 0) is 9.53 Å². The van der Waals surface area contributed by atoms with Gasteiger partial charge in [0.25, 0.3) is 0 Å². The number of hydrogen-bond donors (Lipinski definition) is 0. The molecule has 1 aromatic rings. The number of allylic oxidation sites excluding steroid dienone is 1. The maximum Gasteiger partial charge on any atom is 0.336 e. The van der Waals surface area contributed by atoms with Crippen LogP contribution in [0.3, 0.4) is 0 Å². The molecule has 0 spiro atoms. The van der Waals surface area contributed by atoms with Crippen molar-refractivity contribution in [1.82, 2.24) is 0 Å². The second kappa shape index (κ2) is 2.95. The van der Waals surface area contributed by atoms with Crippen molar-refractivity contribution < 1.29 is 9.53 Å². The van der Waals surface area contributed by atoms with E-state index in [1.54, 1.807) is 17.4 Å². The highest BCUT2D eigenvalue weighted by atomic mass is 32.1. The van der Waals surface area contributed by atoms with Gasteiger partial charge in [0.1, 0.15) is 5.76 Å². The molecule has 12 heavy (non-hydrogen) atoms. The molecule has 0 saturated heterocycles. The Hall–Kier alpha value is -1.35. The van der Waals surface area contributed by atoms with Crippen LogP contribution in [0.4, 0.5) is 0 Å². The third kappa shape index (κ3) is 1.46. The van der Waals surface area contributed by atoms with E-state index in [-0.39, 0.29) is 5.97 Å². The van der Waals surface area contributed by atoms with Crippen LogP contribution in [0.15, 0.2) is 35.4 Å². The highest BCUT2D eigenvalue weighted by Crippen LogP contribution is 2.17. The normalized spacial score (nSPS) is 18.7. The van der Waals surface area contributed by atoms with Crippen molar-refractivity contribution in [2.75, 3.05) is 0 Å². The Labute approximate surface area is 73.8 Å². The van der Waals surface area contributed by atoms with Gasteiger partial charge < -0.3 is 4.74 Å². The lowest BCUT2D eigenvalue weighted by Crippen LogP contribution is -1.89. The van der Waals surface area contributed by atoms with Crippen molar-refractivity contribution >= 4 is 23.4 Å². The molecule has 0 atom stereocenters. The molecule has 1 aromatic heterocycles. The summed E-state index contributed by atoms with van der Waals surface area (Å²) in [4.78, 5) is 11.7. The Kier molecular flexibility index (Phi) is 1.80. The van der Waals surface area contributed by atoms with Crippen LogP contribution in [0.25, 0.3) is 6.08 Å². The smallest absolute Gasteiger partial charge is 0.336 e. The molecular weight excluding hydrogens is 172 g/mol. The molecule has 0 N–H and O–H groups in total. The monoisotopic (exact) mass is 178 g/mol. The highest BCUT2D eigenvalue weighted by molar-refractivity contribution is 7.10. The summed E-state index contributed by atoms with van der Waals surface area (Å²) in [6, 6.07) is 3.93. The zero-order chi connectivity index (χ0) is 8.39. The first-order valence-corrected chi connectivity index (χ1v) is 4.38. The summed E-state index contributed by atoms with van der Waals surface area (Å²) in [5.41, 5.74) is 0. The molecule has 2 heterocycles. The van der Waals surface area contributed by atoms with Crippen molar-refractivity contribution in [1.29, 1.82) is 0 Å². The molecule has 1 aliphatic rings. The summed E-state index contributed by atoms with van der Waals surface area (Å²) in [5.74, 6) is 0.320. The van der Waals surface area contributed by atoms with Gasteiger partial charge in [-0.25, -0.2) is 4.79 Å². The van der Waals surface area contributed by atoms with Gasteiger partial charge in [0, 0.05) is 11.0 Å². The van der Waals surface area contributed by atoms with Crippen molar-refractivity contribution in [3.63, 3.8) is 0 Å². The van der Waals surface area contributed by atoms with Crippen LogP contribution in [0.5, 0.6) is 0 Å². The van der Waals surface area contributed by atoms with Crippen LogP contribution in [-0.4, -0.2) is 5.97 Å². The number of carbonyl (C=O) groups is 1.